The van der Waals surface area contributed by atoms with E-state index in [1.807, 2.05) is 6.07 Å². The Morgan fingerprint density at radius 3 is 2.79 bits per heavy atom. The SMILES string of the molecule is CCCCCc1ccc(C2COc3c(ccc4c3CCC(C)(C)O4)C2)c(O)c1. The van der Waals surface area contributed by atoms with E-state index in [0.717, 1.165) is 42.7 Å². The molecule has 28 heavy (non-hydrogen) atoms. The lowest BCUT2D eigenvalue weighted by atomic mass is 9.86. The van der Waals surface area contributed by atoms with Crippen LogP contribution in [0, 0.1) is 0 Å². The van der Waals surface area contributed by atoms with Crippen LogP contribution in [0.4, 0.5) is 0 Å². The van der Waals surface area contributed by atoms with Gasteiger partial charge in [-0.15, -0.1) is 0 Å². The van der Waals surface area contributed by atoms with E-state index in [1.54, 1.807) is 0 Å². The summed E-state index contributed by atoms with van der Waals surface area (Å²) in [5.41, 5.74) is 4.56. The summed E-state index contributed by atoms with van der Waals surface area (Å²) < 4.78 is 12.4. The predicted molar refractivity (Wildman–Crippen MR) is 113 cm³/mol. The number of ether oxygens (including phenoxy) is 2. The molecule has 0 radical (unpaired) electrons. The summed E-state index contributed by atoms with van der Waals surface area (Å²) in [6, 6.07) is 10.4. The summed E-state index contributed by atoms with van der Waals surface area (Å²) in [5, 5.41) is 10.6. The second-order valence-corrected chi connectivity index (χ2v) is 8.95. The van der Waals surface area contributed by atoms with Crippen molar-refractivity contribution in [2.75, 3.05) is 6.61 Å². The Morgan fingerprint density at radius 1 is 1.14 bits per heavy atom. The average Bonchev–Trinajstić information content (AvgIpc) is 2.67. The van der Waals surface area contributed by atoms with Crippen LogP contribution in [0.1, 0.15) is 74.6 Å². The molecular weight excluding hydrogens is 348 g/mol. The molecular formula is C25H32O3. The fourth-order valence-electron chi connectivity index (χ4n) is 4.48. The Bertz CT molecular complexity index is 853. The fourth-order valence-corrected chi connectivity index (χ4v) is 4.48. The first-order valence-corrected chi connectivity index (χ1v) is 10.7. The quantitative estimate of drug-likeness (QED) is 0.652. The highest BCUT2D eigenvalue weighted by atomic mass is 16.5. The minimum absolute atomic E-state index is 0.108. The molecule has 0 aliphatic carbocycles. The highest BCUT2D eigenvalue weighted by Crippen LogP contribution is 2.44. The molecule has 1 unspecified atom stereocenters. The van der Waals surface area contributed by atoms with Crippen LogP contribution in [0.5, 0.6) is 17.2 Å². The maximum Gasteiger partial charge on any atom is 0.129 e. The van der Waals surface area contributed by atoms with Gasteiger partial charge in [0.1, 0.15) is 22.8 Å². The number of unbranched alkanes of at least 4 members (excludes halogenated alkanes) is 2. The molecule has 2 aromatic rings. The number of rotatable bonds is 5. The Labute approximate surface area is 168 Å². The lowest BCUT2D eigenvalue weighted by molar-refractivity contribution is 0.0826. The van der Waals surface area contributed by atoms with Gasteiger partial charge in [0, 0.05) is 17.0 Å². The zero-order valence-corrected chi connectivity index (χ0v) is 17.4. The van der Waals surface area contributed by atoms with Crippen LogP contribution in [-0.2, 0) is 19.3 Å². The molecule has 0 amide bonds. The predicted octanol–water partition coefficient (Wildman–Crippen LogP) is 5.95. The molecule has 0 saturated carbocycles. The van der Waals surface area contributed by atoms with Gasteiger partial charge in [-0.2, -0.15) is 0 Å². The third-order valence-electron chi connectivity index (χ3n) is 6.16. The topological polar surface area (TPSA) is 38.7 Å². The summed E-state index contributed by atoms with van der Waals surface area (Å²) in [6.45, 7) is 7.10. The van der Waals surface area contributed by atoms with Crippen LogP contribution in [-0.4, -0.2) is 17.3 Å². The molecule has 150 valence electrons. The van der Waals surface area contributed by atoms with Crippen molar-refractivity contribution in [2.24, 2.45) is 0 Å². The number of aryl methyl sites for hydroxylation is 1. The molecule has 1 atom stereocenters. The summed E-state index contributed by atoms with van der Waals surface area (Å²) in [5.74, 6) is 2.58. The fraction of sp³-hybridized carbons (Fsp3) is 0.520. The van der Waals surface area contributed by atoms with Gasteiger partial charge in [0.2, 0.25) is 0 Å². The zero-order chi connectivity index (χ0) is 19.7. The van der Waals surface area contributed by atoms with Crippen molar-refractivity contribution in [3.63, 3.8) is 0 Å². The maximum absolute atomic E-state index is 10.6. The molecule has 2 aliphatic rings. The van der Waals surface area contributed by atoms with Gasteiger partial charge in [0.25, 0.3) is 0 Å². The van der Waals surface area contributed by atoms with E-state index >= 15 is 0 Å². The maximum atomic E-state index is 10.6. The van der Waals surface area contributed by atoms with Gasteiger partial charge >= 0.3 is 0 Å². The molecule has 0 saturated heterocycles. The van der Waals surface area contributed by atoms with Crippen molar-refractivity contribution in [1.82, 2.24) is 0 Å². The normalized spacial score (nSPS) is 19.9. The number of hydrogen-bond donors (Lipinski definition) is 1. The minimum atomic E-state index is -0.108. The summed E-state index contributed by atoms with van der Waals surface area (Å²) in [4.78, 5) is 0. The molecule has 3 nitrogen and oxygen atoms in total. The Kier molecular flexibility index (Phi) is 5.27. The second kappa shape index (κ2) is 7.69. The Morgan fingerprint density at radius 2 is 2.00 bits per heavy atom. The van der Waals surface area contributed by atoms with Crippen LogP contribution in [0.3, 0.4) is 0 Å². The lowest BCUT2D eigenvalue weighted by Gasteiger charge is -2.35. The molecule has 2 heterocycles. The Hall–Kier alpha value is -2.16. The highest BCUT2D eigenvalue weighted by molar-refractivity contribution is 5.53. The number of hydrogen-bond acceptors (Lipinski definition) is 3. The van der Waals surface area contributed by atoms with E-state index in [4.69, 9.17) is 9.47 Å². The number of benzene rings is 2. The van der Waals surface area contributed by atoms with Crippen molar-refractivity contribution >= 4 is 0 Å². The van der Waals surface area contributed by atoms with Crippen molar-refractivity contribution in [1.29, 1.82) is 0 Å². The van der Waals surface area contributed by atoms with Crippen LogP contribution in [0.2, 0.25) is 0 Å². The molecule has 2 aliphatic heterocycles. The summed E-state index contributed by atoms with van der Waals surface area (Å²) >= 11 is 0. The van der Waals surface area contributed by atoms with Gasteiger partial charge < -0.3 is 14.6 Å². The number of aromatic hydroxyl groups is 1. The van der Waals surface area contributed by atoms with Gasteiger partial charge in [-0.05, 0) is 69.2 Å². The highest BCUT2D eigenvalue weighted by Gasteiger charge is 2.32. The smallest absolute Gasteiger partial charge is 0.129 e. The molecule has 0 bridgehead atoms. The van der Waals surface area contributed by atoms with Gasteiger partial charge in [-0.3, -0.25) is 0 Å². The van der Waals surface area contributed by atoms with Gasteiger partial charge in [-0.25, -0.2) is 0 Å². The minimum Gasteiger partial charge on any atom is -0.508 e. The molecule has 4 rings (SSSR count). The third-order valence-corrected chi connectivity index (χ3v) is 6.16. The third kappa shape index (κ3) is 3.85. The lowest BCUT2D eigenvalue weighted by Crippen LogP contribution is -2.33. The Balaban J connectivity index is 1.52. The number of phenolic OH excluding ortho intramolecular Hbond substituents is 1. The van der Waals surface area contributed by atoms with Crippen LogP contribution >= 0.6 is 0 Å². The van der Waals surface area contributed by atoms with Crippen LogP contribution in [0.15, 0.2) is 30.3 Å². The van der Waals surface area contributed by atoms with Gasteiger partial charge in [0.05, 0.1) is 6.61 Å². The summed E-state index contributed by atoms with van der Waals surface area (Å²) in [6.07, 6.45) is 7.57. The van der Waals surface area contributed by atoms with E-state index in [2.05, 4.69) is 45.0 Å². The molecule has 2 aromatic carbocycles. The van der Waals surface area contributed by atoms with E-state index in [-0.39, 0.29) is 11.5 Å². The van der Waals surface area contributed by atoms with Crippen molar-refractivity contribution in [2.45, 2.75) is 77.2 Å². The first kappa shape index (κ1) is 19.2. The monoisotopic (exact) mass is 380 g/mol. The van der Waals surface area contributed by atoms with Crippen LogP contribution in [0.25, 0.3) is 0 Å². The van der Waals surface area contributed by atoms with Crippen molar-refractivity contribution < 1.29 is 14.6 Å². The van der Waals surface area contributed by atoms with E-state index < -0.39 is 0 Å². The zero-order valence-electron chi connectivity index (χ0n) is 17.4. The molecule has 1 N–H and O–H groups in total. The van der Waals surface area contributed by atoms with Crippen molar-refractivity contribution in [3.8, 4) is 17.2 Å². The molecule has 3 heteroatoms. The van der Waals surface area contributed by atoms with Crippen LogP contribution < -0.4 is 9.47 Å². The number of phenols is 1. The standard InChI is InChI=1S/C25H32O3/c1-4-5-6-7-17-8-10-20(22(26)14-17)19-15-18-9-11-23-21(24(18)27-16-19)12-13-25(2,3)28-23/h8-11,14,19,26H,4-7,12-13,15-16H2,1-3H3. The van der Waals surface area contributed by atoms with Gasteiger partial charge in [-0.1, -0.05) is 38.0 Å². The largest absolute Gasteiger partial charge is 0.508 e. The molecule has 0 spiro atoms. The average molecular weight is 381 g/mol. The van der Waals surface area contributed by atoms with Crippen molar-refractivity contribution in [3.05, 3.63) is 52.6 Å². The first-order chi connectivity index (χ1) is 13.5. The second-order valence-electron chi connectivity index (χ2n) is 8.95. The first-order valence-electron chi connectivity index (χ1n) is 10.7. The van der Waals surface area contributed by atoms with E-state index in [0.29, 0.717) is 12.4 Å². The number of fused-ring (bicyclic) bond motifs is 3. The van der Waals surface area contributed by atoms with E-state index in [1.165, 1.54) is 36.0 Å². The summed E-state index contributed by atoms with van der Waals surface area (Å²) in [7, 11) is 0. The molecule has 0 aromatic heterocycles. The molecule has 0 fully saturated rings. The van der Waals surface area contributed by atoms with Gasteiger partial charge in [0.15, 0.2) is 0 Å². The van der Waals surface area contributed by atoms with E-state index in [9.17, 15) is 5.11 Å².